The lowest BCUT2D eigenvalue weighted by Crippen LogP contribution is -2.28. The number of aliphatic carboxylic acids is 1. The molecule has 1 unspecified atom stereocenters. The molecule has 102 valence electrons. The van der Waals surface area contributed by atoms with Crippen molar-refractivity contribution in [3.05, 3.63) is 33.9 Å². The number of carbonyl (C=O) groups is 1. The highest BCUT2D eigenvalue weighted by Gasteiger charge is 2.79. The molecule has 1 fully saturated rings. The van der Waals surface area contributed by atoms with Crippen LogP contribution in [0.25, 0.3) is 0 Å². The molecule has 2 rings (SSSR count). The van der Waals surface area contributed by atoms with Crippen molar-refractivity contribution >= 4 is 11.7 Å². The highest BCUT2D eigenvalue weighted by atomic mass is 19.3. The van der Waals surface area contributed by atoms with Crippen molar-refractivity contribution in [1.29, 1.82) is 0 Å². The molecule has 0 amide bonds. The number of hydrogen-bond acceptors (Lipinski definition) is 4. The van der Waals surface area contributed by atoms with Crippen LogP contribution in [0, 0.1) is 10.1 Å². The van der Waals surface area contributed by atoms with Crippen molar-refractivity contribution < 1.29 is 28.3 Å². The van der Waals surface area contributed by atoms with Crippen LogP contribution in [-0.2, 0) is 10.2 Å². The van der Waals surface area contributed by atoms with Crippen LogP contribution in [0.2, 0.25) is 0 Å². The zero-order valence-electron chi connectivity index (χ0n) is 9.72. The van der Waals surface area contributed by atoms with E-state index in [0.29, 0.717) is 0 Å². The molecular formula is C11H9F2NO5. The molecule has 1 N–H and O–H groups in total. The number of nitrogens with zero attached hydrogens (tertiary/aromatic N) is 1. The summed E-state index contributed by atoms with van der Waals surface area (Å²) in [5.74, 6) is -5.53. The van der Waals surface area contributed by atoms with Crippen molar-refractivity contribution in [2.75, 3.05) is 7.11 Å². The minimum atomic E-state index is -3.50. The molecule has 6 nitrogen and oxygen atoms in total. The Morgan fingerprint density at radius 1 is 1.53 bits per heavy atom. The van der Waals surface area contributed by atoms with Crippen LogP contribution in [0.15, 0.2) is 18.2 Å². The molecule has 0 radical (unpaired) electrons. The van der Waals surface area contributed by atoms with Crippen LogP contribution in [0.4, 0.5) is 14.5 Å². The van der Waals surface area contributed by atoms with E-state index < -0.39 is 39.9 Å². The maximum absolute atomic E-state index is 13.4. The van der Waals surface area contributed by atoms with Crippen molar-refractivity contribution in [3.8, 4) is 5.75 Å². The Morgan fingerprint density at radius 3 is 2.47 bits per heavy atom. The first-order chi connectivity index (χ1) is 8.78. The van der Waals surface area contributed by atoms with Gasteiger partial charge in [0.1, 0.15) is 0 Å². The first-order valence-corrected chi connectivity index (χ1v) is 5.21. The number of hydrogen-bond donors (Lipinski definition) is 1. The third kappa shape index (κ3) is 1.63. The highest BCUT2D eigenvalue weighted by molar-refractivity contribution is 5.90. The molecule has 0 aliphatic heterocycles. The lowest BCUT2D eigenvalue weighted by molar-refractivity contribution is -0.386. The summed E-state index contributed by atoms with van der Waals surface area (Å²) in [5.41, 5.74) is -3.80. The van der Waals surface area contributed by atoms with Crippen LogP contribution >= 0.6 is 0 Å². The third-order valence-corrected chi connectivity index (χ3v) is 3.21. The number of methoxy groups -OCH3 is 1. The Kier molecular flexibility index (Phi) is 2.69. The predicted octanol–water partition coefficient (Wildman–Crippen LogP) is 1.96. The highest BCUT2D eigenvalue weighted by Crippen LogP contribution is 2.64. The van der Waals surface area contributed by atoms with Crippen LogP contribution in [0.1, 0.15) is 12.0 Å². The molecule has 0 spiro atoms. The number of halogens is 2. The summed E-state index contributed by atoms with van der Waals surface area (Å²) in [4.78, 5) is 21.2. The summed E-state index contributed by atoms with van der Waals surface area (Å²) < 4.78 is 31.6. The van der Waals surface area contributed by atoms with E-state index in [1.54, 1.807) is 0 Å². The quantitative estimate of drug-likeness (QED) is 0.669. The largest absolute Gasteiger partial charge is 0.490 e. The van der Waals surface area contributed by atoms with E-state index in [9.17, 15) is 23.7 Å². The second kappa shape index (κ2) is 3.87. The molecule has 0 heterocycles. The molecule has 19 heavy (non-hydrogen) atoms. The predicted molar refractivity (Wildman–Crippen MR) is 58.5 cm³/mol. The van der Waals surface area contributed by atoms with E-state index in [1.165, 1.54) is 12.1 Å². The summed E-state index contributed by atoms with van der Waals surface area (Å²) in [6.07, 6.45) is -0.955. The first kappa shape index (κ1) is 13.2. The van der Waals surface area contributed by atoms with E-state index >= 15 is 0 Å². The summed E-state index contributed by atoms with van der Waals surface area (Å²) in [7, 11) is 1.14. The number of ether oxygens (including phenoxy) is 1. The van der Waals surface area contributed by atoms with Gasteiger partial charge in [-0.25, -0.2) is 8.78 Å². The molecule has 0 aromatic heterocycles. The van der Waals surface area contributed by atoms with Gasteiger partial charge < -0.3 is 9.84 Å². The fourth-order valence-corrected chi connectivity index (χ4v) is 2.15. The maximum atomic E-state index is 13.4. The molecule has 1 aliphatic carbocycles. The molecule has 0 bridgehead atoms. The SMILES string of the molecule is COc1cccc(C2(C(=O)O)CC2(F)F)c1[N+](=O)[O-]. The smallest absolute Gasteiger partial charge is 0.320 e. The number of carboxylic acid groups (broad SMARTS) is 1. The van der Waals surface area contributed by atoms with E-state index in [4.69, 9.17) is 9.84 Å². The molecular weight excluding hydrogens is 264 g/mol. The topological polar surface area (TPSA) is 89.7 Å². The lowest BCUT2D eigenvalue weighted by atomic mass is 9.93. The Bertz CT molecular complexity index is 574. The van der Waals surface area contributed by atoms with Gasteiger partial charge in [-0.2, -0.15) is 0 Å². The molecule has 1 aromatic rings. The molecule has 1 aromatic carbocycles. The lowest BCUT2D eigenvalue weighted by Gasteiger charge is -2.13. The summed E-state index contributed by atoms with van der Waals surface area (Å²) >= 11 is 0. The van der Waals surface area contributed by atoms with Gasteiger partial charge in [0.05, 0.1) is 17.6 Å². The number of nitro groups is 1. The third-order valence-electron chi connectivity index (χ3n) is 3.21. The molecule has 1 saturated carbocycles. The van der Waals surface area contributed by atoms with Gasteiger partial charge in [-0.3, -0.25) is 14.9 Å². The Labute approximate surface area is 105 Å². The minimum absolute atomic E-state index is 0.245. The Hall–Kier alpha value is -2.25. The van der Waals surface area contributed by atoms with Gasteiger partial charge in [-0.1, -0.05) is 12.1 Å². The summed E-state index contributed by atoms with van der Waals surface area (Å²) in [6, 6.07) is 3.49. The van der Waals surface area contributed by atoms with Crippen molar-refractivity contribution in [3.63, 3.8) is 0 Å². The summed E-state index contributed by atoms with van der Waals surface area (Å²) in [6.45, 7) is 0. The average Bonchev–Trinajstić information content (AvgIpc) is 2.92. The first-order valence-electron chi connectivity index (χ1n) is 5.21. The van der Waals surface area contributed by atoms with Crippen molar-refractivity contribution in [2.45, 2.75) is 17.8 Å². The van der Waals surface area contributed by atoms with Crippen LogP contribution in [0.5, 0.6) is 5.75 Å². The Morgan fingerprint density at radius 2 is 2.11 bits per heavy atom. The summed E-state index contributed by atoms with van der Waals surface area (Å²) in [5, 5.41) is 20.0. The van der Waals surface area contributed by atoms with Crippen LogP contribution in [-0.4, -0.2) is 29.0 Å². The molecule has 1 atom stereocenters. The molecule has 1 aliphatic rings. The van der Waals surface area contributed by atoms with E-state index in [0.717, 1.165) is 13.2 Å². The van der Waals surface area contributed by atoms with Gasteiger partial charge in [0.15, 0.2) is 11.2 Å². The van der Waals surface area contributed by atoms with Crippen LogP contribution < -0.4 is 4.74 Å². The van der Waals surface area contributed by atoms with E-state index in [-0.39, 0.29) is 5.75 Å². The van der Waals surface area contributed by atoms with Crippen molar-refractivity contribution in [2.24, 2.45) is 0 Å². The number of rotatable bonds is 4. The van der Waals surface area contributed by atoms with Gasteiger partial charge in [0.25, 0.3) is 5.92 Å². The maximum Gasteiger partial charge on any atom is 0.320 e. The zero-order chi connectivity index (χ0) is 14.4. The fraction of sp³-hybridized carbons (Fsp3) is 0.364. The number of nitro benzene ring substituents is 1. The molecule has 0 saturated heterocycles. The van der Waals surface area contributed by atoms with Gasteiger partial charge >= 0.3 is 11.7 Å². The second-order valence-corrected chi connectivity index (χ2v) is 4.21. The fourth-order valence-electron chi connectivity index (χ4n) is 2.15. The average molecular weight is 273 g/mol. The number of benzene rings is 1. The van der Waals surface area contributed by atoms with Gasteiger partial charge in [0.2, 0.25) is 0 Å². The number of alkyl halides is 2. The normalized spacial score (nSPS) is 23.7. The van der Waals surface area contributed by atoms with E-state index in [1.807, 2.05) is 0 Å². The second-order valence-electron chi connectivity index (χ2n) is 4.21. The van der Waals surface area contributed by atoms with Crippen LogP contribution in [0.3, 0.4) is 0 Å². The van der Waals surface area contributed by atoms with E-state index in [2.05, 4.69) is 0 Å². The number of carboxylic acids is 1. The minimum Gasteiger partial charge on any atom is -0.490 e. The molecule has 8 heteroatoms. The zero-order valence-corrected chi connectivity index (χ0v) is 9.72. The standard InChI is InChI=1S/C11H9F2NO5/c1-19-7-4-2-3-6(8(7)14(17)18)10(9(15)16)5-11(10,12)13/h2-4H,5H2,1H3,(H,15,16). The van der Waals surface area contributed by atoms with Crippen molar-refractivity contribution in [1.82, 2.24) is 0 Å². The number of para-hydroxylation sites is 1. The monoisotopic (exact) mass is 273 g/mol. The van der Waals surface area contributed by atoms with Gasteiger partial charge in [-0.05, 0) is 6.07 Å². The Balaban J connectivity index is 2.70. The van der Waals surface area contributed by atoms with Gasteiger partial charge in [0, 0.05) is 6.42 Å². The van der Waals surface area contributed by atoms with Gasteiger partial charge in [-0.15, -0.1) is 0 Å².